The van der Waals surface area contributed by atoms with E-state index in [4.69, 9.17) is 0 Å². The third-order valence-corrected chi connectivity index (χ3v) is 5.98. The quantitative estimate of drug-likeness (QED) is 0.882. The van der Waals surface area contributed by atoms with Crippen LogP contribution in [0.3, 0.4) is 0 Å². The Bertz CT molecular complexity index is 801. The summed E-state index contributed by atoms with van der Waals surface area (Å²) in [4.78, 5) is 15.3. The largest absolute Gasteiger partial charge is 0.363 e. The van der Waals surface area contributed by atoms with Crippen molar-refractivity contribution in [1.82, 2.24) is 14.7 Å². The van der Waals surface area contributed by atoms with Gasteiger partial charge in [0.2, 0.25) is 0 Å². The van der Waals surface area contributed by atoms with Crippen LogP contribution in [0.15, 0.2) is 36.5 Å². The molecule has 3 heterocycles. The van der Waals surface area contributed by atoms with Crippen molar-refractivity contribution in [1.29, 1.82) is 0 Å². The van der Waals surface area contributed by atoms with Gasteiger partial charge >= 0.3 is 0 Å². The second kappa shape index (κ2) is 6.15. The highest BCUT2D eigenvalue weighted by Gasteiger charge is 2.39. The fourth-order valence-electron chi connectivity index (χ4n) is 4.53. The molecule has 1 aromatic heterocycles. The first-order chi connectivity index (χ1) is 12.4. The van der Waals surface area contributed by atoms with Crippen LogP contribution < -0.4 is 5.32 Å². The Labute approximate surface area is 155 Å². The number of carbonyl (C=O) groups excluding carboxylic acids is 1. The maximum absolute atomic E-state index is 13.3. The van der Waals surface area contributed by atoms with Crippen molar-refractivity contribution < 1.29 is 4.79 Å². The predicted octanol–water partition coefficient (Wildman–Crippen LogP) is 4.19. The van der Waals surface area contributed by atoms with Crippen LogP contribution >= 0.6 is 0 Å². The summed E-state index contributed by atoms with van der Waals surface area (Å²) in [6.45, 7) is 8.66. The third kappa shape index (κ3) is 2.70. The molecule has 3 unspecified atom stereocenters. The summed E-state index contributed by atoms with van der Waals surface area (Å²) in [6, 6.07) is 11.2. The summed E-state index contributed by atoms with van der Waals surface area (Å²) in [6.07, 6.45) is 4.82. The SMILES string of the molecule is CC1CCC(C)N1C(=O)c1cnn2c1NC(c1ccccc1)CC2(C)C. The highest BCUT2D eigenvalue weighted by atomic mass is 16.2. The molecule has 0 spiro atoms. The van der Waals surface area contributed by atoms with Gasteiger partial charge in [0.1, 0.15) is 11.4 Å². The van der Waals surface area contributed by atoms with E-state index in [-0.39, 0.29) is 29.6 Å². The molecule has 0 saturated carbocycles. The summed E-state index contributed by atoms with van der Waals surface area (Å²) < 4.78 is 1.99. The lowest BCUT2D eigenvalue weighted by atomic mass is 9.89. The lowest BCUT2D eigenvalue weighted by molar-refractivity contribution is 0.0693. The molecule has 1 N–H and O–H groups in total. The number of amides is 1. The van der Waals surface area contributed by atoms with Gasteiger partial charge in [0, 0.05) is 12.1 Å². The van der Waals surface area contributed by atoms with Crippen LogP contribution in [0.4, 0.5) is 5.82 Å². The molecule has 0 bridgehead atoms. The molecule has 1 fully saturated rings. The topological polar surface area (TPSA) is 50.2 Å². The minimum Gasteiger partial charge on any atom is -0.363 e. The Balaban J connectivity index is 1.71. The summed E-state index contributed by atoms with van der Waals surface area (Å²) in [5, 5.41) is 8.19. The normalized spacial score (nSPS) is 27.1. The maximum atomic E-state index is 13.3. The fraction of sp³-hybridized carbons (Fsp3) is 0.524. The van der Waals surface area contributed by atoms with E-state index in [1.807, 2.05) is 15.6 Å². The molecule has 1 aromatic carbocycles. The molecule has 26 heavy (non-hydrogen) atoms. The number of carbonyl (C=O) groups is 1. The molecule has 2 aliphatic rings. The van der Waals surface area contributed by atoms with E-state index in [1.54, 1.807) is 6.20 Å². The Morgan fingerprint density at radius 1 is 1.15 bits per heavy atom. The number of benzene rings is 1. The molecule has 2 aliphatic heterocycles. The molecular weight excluding hydrogens is 324 g/mol. The van der Waals surface area contributed by atoms with Gasteiger partial charge in [-0.1, -0.05) is 30.3 Å². The molecule has 0 aliphatic carbocycles. The molecule has 1 amide bonds. The van der Waals surface area contributed by atoms with Crippen molar-refractivity contribution in [2.45, 2.75) is 70.6 Å². The third-order valence-electron chi connectivity index (χ3n) is 5.98. The summed E-state index contributed by atoms with van der Waals surface area (Å²) >= 11 is 0. The van der Waals surface area contributed by atoms with Crippen molar-refractivity contribution in [2.75, 3.05) is 5.32 Å². The van der Waals surface area contributed by atoms with E-state index in [0.29, 0.717) is 5.56 Å². The van der Waals surface area contributed by atoms with Crippen LogP contribution in [-0.4, -0.2) is 32.7 Å². The van der Waals surface area contributed by atoms with E-state index in [2.05, 4.69) is 62.4 Å². The standard InChI is InChI=1S/C21H28N4O/c1-14-10-11-15(2)24(14)20(26)17-13-22-25-19(17)23-18(12-21(25,3)4)16-8-6-5-7-9-16/h5-9,13-15,18,23H,10-12H2,1-4H3. The van der Waals surface area contributed by atoms with Crippen LogP contribution in [0.2, 0.25) is 0 Å². The zero-order valence-electron chi connectivity index (χ0n) is 16.1. The van der Waals surface area contributed by atoms with Crippen LogP contribution in [0, 0.1) is 0 Å². The predicted molar refractivity (Wildman–Crippen MR) is 103 cm³/mol. The number of rotatable bonds is 2. The highest BCUT2D eigenvalue weighted by Crippen LogP contribution is 2.40. The molecule has 0 radical (unpaired) electrons. The van der Waals surface area contributed by atoms with E-state index in [1.165, 1.54) is 5.56 Å². The Hall–Kier alpha value is -2.30. The molecular formula is C21H28N4O. The number of anilines is 1. The van der Waals surface area contributed by atoms with Crippen LogP contribution in [0.1, 0.15) is 68.9 Å². The molecule has 5 nitrogen and oxygen atoms in total. The van der Waals surface area contributed by atoms with Gasteiger partial charge in [-0.3, -0.25) is 4.79 Å². The van der Waals surface area contributed by atoms with Gasteiger partial charge in [0.05, 0.1) is 17.8 Å². The van der Waals surface area contributed by atoms with Gasteiger partial charge in [-0.2, -0.15) is 5.10 Å². The molecule has 4 rings (SSSR count). The molecule has 1 saturated heterocycles. The lowest BCUT2D eigenvalue weighted by Gasteiger charge is -2.38. The van der Waals surface area contributed by atoms with Gasteiger partial charge in [0.15, 0.2) is 0 Å². The van der Waals surface area contributed by atoms with Gasteiger partial charge in [-0.15, -0.1) is 0 Å². The van der Waals surface area contributed by atoms with Crippen LogP contribution in [0.5, 0.6) is 0 Å². The van der Waals surface area contributed by atoms with Crippen molar-refractivity contribution in [3.05, 3.63) is 47.7 Å². The summed E-state index contributed by atoms with van der Waals surface area (Å²) in [7, 11) is 0. The van der Waals surface area contributed by atoms with E-state index < -0.39 is 0 Å². The van der Waals surface area contributed by atoms with Crippen LogP contribution in [0.25, 0.3) is 0 Å². The van der Waals surface area contributed by atoms with E-state index in [9.17, 15) is 4.79 Å². The molecule has 2 aromatic rings. The van der Waals surface area contributed by atoms with Gasteiger partial charge in [-0.25, -0.2) is 4.68 Å². The molecule has 3 atom stereocenters. The first kappa shape index (κ1) is 17.1. The summed E-state index contributed by atoms with van der Waals surface area (Å²) in [5.74, 6) is 0.951. The Kier molecular flexibility index (Phi) is 4.05. The van der Waals surface area contributed by atoms with Gasteiger partial charge in [0.25, 0.3) is 5.91 Å². The number of nitrogens with one attached hydrogen (secondary N) is 1. The average Bonchev–Trinajstić information content (AvgIpc) is 3.19. The molecule has 138 valence electrons. The first-order valence-corrected chi connectivity index (χ1v) is 9.61. The van der Waals surface area contributed by atoms with Crippen LogP contribution in [-0.2, 0) is 5.54 Å². The van der Waals surface area contributed by atoms with Gasteiger partial charge in [-0.05, 0) is 52.5 Å². The van der Waals surface area contributed by atoms with Crippen molar-refractivity contribution in [3.63, 3.8) is 0 Å². The van der Waals surface area contributed by atoms with Gasteiger partial charge < -0.3 is 10.2 Å². The minimum absolute atomic E-state index is 0.0979. The van der Waals surface area contributed by atoms with Crippen molar-refractivity contribution >= 4 is 11.7 Å². The summed E-state index contributed by atoms with van der Waals surface area (Å²) in [5.41, 5.74) is 1.79. The second-order valence-electron chi connectivity index (χ2n) is 8.43. The number of likely N-dealkylation sites (tertiary alicyclic amines) is 1. The highest BCUT2D eigenvalue weighted by molar-refractivity contribution is 5.99. The van der Waals surface area contributed by atoms with Crippen molar-refractivity contribution in [3.8, 4) is 0 Å². The maximum Gasteiger partial charge on any atom is 0.259 e. The Morgan fingerprint density at radius 2 is 1.81 bits per heavy atom. The monoisotopic (exact) mass is 352 g/mol. The smallest absolute Gasteiger partial charge is 0.259 e. The Morgan fingerprint density at radius 3 is 2.46 bits per heavy atom. The molecule has 5 heteroatoms. The lowest BCUT2D eigenvalue weighted by Crippen LogP contribution is -2.41. The number of hydrogen-bond acceptors (Lipinski definition) is 3. The zero-order chi connectivity index (χ0) is 18.5. The van der Waals surface area contributed by atoms with E-state index in [0.717, 1.165) is 25.1 Å². The minimum atomic E-state index is -0.151. The number of hydrogen-bond donors (Lipinski definition) is 1. The average molecular weight is 352 g/mol. The number of fused-ring (bicyclic) bond motifs is 1. The first-order valence-electron chi connectivity index (χ1n) is 9.61. The van der Waals surface area contributed by atoms with Crippen molar-refractivity contribution in [2.24, 2.45) is 0 Å². The zero-order valence-corrected chi connectivity index (χ0v) is 16.1. The second-order valence-corrected chi connectivity index (χ2v) is 8.43. The fourth-order valence-corrected chi connectivity index (χ4v) is 4.53. The van der Waals surface area contributed by atoms with E-state index >= 15 is 0 Å². The number of aromatic nitrogens is 2. The number of nitrogens with zero attached hydrogens (tertiary/aromatic N) is 3.